The molecule has 1 atom stereocenters. The van der Waals surface area contributed by atoms with Crippen molar-refractivity contribution >= 4 is 11.8 Å². The monoisotopic (exact) mass is 321 g/mol. The van der Waals surface area contributed by atoms with Gasteiger partial charge in [0.05, 0.1) is 12.2 Å². The maximum Gasteiger partial charge on any atom is 0.338 e. The van der Waals surface area contributed by atoms with Crippen molar-refractivity contribution in [2.45, 2.75) is 19.9 Å². The van der Waals surface area contributed by atoms with E-state index in [0.29, 0.717) is 12.2 Å². The molecular weight excluding hydrogens is 302 g/mol. The number of esters is 1. The van der Waals surface area contributed by atoms with Gasteiger partial charge in [-0.25, -0.2) is 4.79 Å². The van der Waals surface area contributed by atoms with Crippen LogP contribution in [0.4, 0.5) is 0 Å². The Balaban J connectivity index is 2.06. The third-order valence-electron chi connectivity index (χ3n) is 3.81. The van der Waals surface area contributed by atoms with Crippen molar-refractivity contribution in [2.24, 2.45) is 4.99 Å². The van der Waals surface area contributed by atoms with Gasteiger partial charge in [0.1, 0.15) is 11.9 Å². The number of carbonyl (C=O) groups is 1. The number of aromatic nitrogens is 1. The van der Waals surface area contributed by atoms with Crippen LogP contribution in [0.1, 0.15) is 31.0 Å². The van der Waals surface area contributed by atoms with Gasteiger partial charge in [-0.15, -0.1) is 0 Å². The minimum absolute atomic E-state index is 0.327. The van der Waals surface area contributed by atoms with Crippen LogP contribution in [0, 0.1) is 0 Å². The van der Waals surface area contributed by atoms with Crippen LogP contribution in [-0.2, 0) is 9.53 Å². The molecule has 1 aliphatic heterocycles. The van der Waals surface area contributed by atoms with Gasteiger partial charge in [0.2, 0.25) is 0 Å². The molecule has 0 bridgehead atoms. The molecule has 0 amide bonds. The van der Waals surface area contributed by atoms with Crippen molar-refractivity contribution in [3.63, 3.8) is 0 Å². The van der Waals surface area contributed by atoms with Gasteiger partial charge < -0.3 is 10.1 Å². The predicted molar refractivity (Wildman–Crippen MR) is 92.4 cm³/mol. The lowest BCUT2D eigenvalue weighted by Gasteiger charge is -2.26. The van der Waals surface area contributed by atoms with E-state index in [0.717, 1.165) is 22.7 Å². The van der Waals surface area contributed by atoms with E-state index < -0.39 is 6.04 Å². The second-order valence-corrected chi connectivity index (χ2v) is 5.41. The molecule has 1 N–H and O–H groups in total. The van der Waals surface area contributed by atoms with Crippen molar-refractivity contribution in [3.8, 4) is 0 Å². The molecule has 5 nitrogen and oxygen atoms in total. The molecule has 24 heavy (non-hydrogen) atoms. The van der Waals surface area contributed by atoms with Crippen LogP contribution in [0.5, 0.6) is 0 Å². The Morgan fingerprint density at radius 3 is 2.54 bits per heavy atom. The molecule has 1 aromatic carbocycles. The highest BCUT2D eigenvalue weighted by Crippen LogP contribution is 2.31. The van der Waals surface area contributed by atoms with Crippen LogP contribution in [0.25, 0.3) is 0 Å². The molecule has 0 saturated heterocycles. The molecule has 0 spiro atoms. The molecule has 122 valence electrons. The fourth-order valence-electron chi connectivity index (χ4n) is 2.68. The maximum absolute atomic E-state index is 12.4. The van der Waals surface area contributed by atoms with Gasteiger partial charge >= 0.3 is 5.97 Å². The molecule has 1 aromatic heterocycles. The SMILES string of the molecule is CCOC(=O)C1=C(C)NC(c2ccccc2)=NC1c1ccncc1. The van der Waals surface area contributed by atoms with Crippen LogP contribution in [0.2, 0.25) is 0 Å². The summed E-state index contributed by atoms with van der Waals surface area (Å²) in [6.45, 7) is 4.00. The second-order valence-electron chi connectivity index (χ2n) is 5.41. The average molecular weight is 321 g/mol. The fraction of sp³-hybridized carbons (Fsp3) is 0.211. The summed E-state index contributed by atoms with van der Waals surface area (Å²) in [7, 11) is 0. The Morgan fingerprint density at radius 1 is 1.17 bits per heavy atom. The first-order chi connectivity index (χ1) is 11.7. The van der Waals surface area contributed by atoms with Gasteiger partial charge in [0, 0.05) is 23.7 Å². The lowest BCUT2D eigenvalue weighted by molar-refractivity contribution is -0.138. The molecule has 0 saturated carbocycles. The Morgan fingerprint density at radius 2 is 1.88 bits per heavy atom. The van der Waals surface area contributed by atoms with Crippen LogP contribution in [0.3, 0.4) is 0 Å². The normalized spacial score (nSPS) is 17.1. The number of amidine groups is 1. The number of benzene rings is 1. The maximum atomic E-state index is 12.4. The number of pyridine rings is 1. The molecule has 0 radical (unpaired) electrons. The summed E-state index contributed by atoms with van der Waals surface area (Å²) in [5, 5.41) is 3.23. The highest BCUT2D eigenvalue weighted by molar-refractivity contribution is 6.03. The highest BCUT2D eigenvalue weighted by Gasteiger charge is 2.30. The van der Waals surface area contributed by atoms with Gasteiger partial charge in [0.25, 0.3) is 0 Å². The Bertz CT molecular complexity index is 783. The van der Waals surface area contributed by atoms with Crippen molar-refractivity contribution < 1.29 is 9.53 Å². The van der Waals surface area contributed by atoms with E-state index in [2.05, 4.69) is 10.3 Å². The zero-order valence-corrected chi connectivity index (χ0v) is 13.7. The molecule has 2 heterocycles. The minimum atomic E-state index is -0.413. The number of hydrogen-bond acceptors (Lipinski definition) is 5. The Hall–Kier alpha value is -2.95. The summed E-state index contributed by atoms with van der Waals surface area (Å²) in [5.41, 5.74) is 3.16. The second kappa shape index (κ2) is 7.08. The summed E-state index contributed by atoms with van der Waals surface area (Å²) in [6, 6.07) is 13.2. The van der Waals surface area contributed by atoms with Gasteiger partial charge in [-0.05, 0) is 31.5 Å². The van der Waals surface area contributed by atoms with E-state index in [1.165, 1.54) is 0 Å². The fourth-order valence-corrected chi connectivity index (χ4v) is 2.68. The van der Waals surface area contributed by atoms with Gasteiger partial charge in [-0.2, -0.15) is 0 Å². The third-order valence-corrected chi connectivity index (χ3v) is 3.81. The van der Waals surface area contributed by atoms with Gasteiger partial charge in [-0.3, -0.25) is 9.98 Å². The van der Waals surface area contributed by atoms with Crippen molar-refractivity contribution in [1.29, 1.82) is 0 Å². The molecule has 3 rings (SSSR count). The molecule has 1 unspecified atom stereocenters. The van der Waals surface area contributed by atoms with E-state index in [4.69, 9.17) is 9.73 Å². The Kier molecular flexibility index (Phi) is 4.70. The Labute approximate surface area is 141 Å². The molecule has 0 aliphatic carbocycles. The first-order valence-corrected chi connectivity index (χ1v) is 7.88. The van der Waals surface area contributed by atoms with Gasteiger partial charge in [-0.1, -0.05) is 30.3 Å². The topological polar surface area (TPSA) is 63.6 Å². The molecule has 2 aromatic rings. The number of ether oxygens (including phenoxy) is 1. The summed E-state index contributed by atoms with van der Waals surface area (Å²) in [4.78, 5) is 21.3. The number of allylic oxidation sites excluding steroid dienone is 1. The first-order valence-electron chi connectivity index (χ1n) is 7.88. The molecule has 1 aliphatic rings. The van der Waals surface area contributed by atoms with Crippen LogP contribution < -0.4 is 5.32 Å². The number of nitrogens with zero attached hydrogens (tertiary/aromatic N) is 2. The van der Waals surface area contributed by atoms with E-state index in [9.17, 15) is 4.79 Å². The summed E-state index contributed by atoms with van der Waals surface area (Å²) < 4.78 is 5.22. The first kappa shape index (κ1) is 15.9. The van der Waals surface area contributed by atoms with Crippen LogP contribution >= 0.6 is 0 Å². The lowest BCUT2D eigenvalue weighted by Crippen LogP contribution is -2.32. The van der Waals surface area contributed by atoms with E-state index in [1.54, 1.807) is 19.3 Å². The zero-order chi connectivity index (χ0) is 16.9. The highest BCUT2D eigenvalue weighted by atomic mass is 16.5. The number of nitrogens with one attached hydrogen (secondary N) is 1. The van der Waals surface area contributed by atoms with Crippen molar-refractivity contribution in [2.75, 3.05) is 6.61 Å². The summed E-state index contributed by atoms with van der Waals surface area (Å²) in [5.74, 6) is 0.392. The predicted octanol–water partition coefficient (Wildman–Crippen LogP) is 3.01. The largest absolute Gasteiger partial charge is 0.463 e. The van der Waals surface area contributed by atoms with Crippen LogP contribution in [0.15, 0.2) is 71.1 Å². The average Bonchev–Trinajstić information content (AvgIpc) is 2.62. The van der Waals surface area contributed by atoms with E-state index in [-0.39, 0.29) is 5.97 Å². The lowest BCUT2D eigenvalue weighted by atomic mass is 9.96. The molecule has 5 heteroatoms. The van der Waals surface area contributed by atoms with Crippen LogP contribution in [-0.4, -0.2) is 23.4 Å². The molecule has 0 fully saturated rings. The number of rotatable bonds is 4. The number of aliphatic imine (C=N–C) groups is 1. The third kappa shape index (κ3) is 3.20. The standard InChI is InChI=1S/C19H19N3O2/c1-3-24-19(23)16-13(2)21-18(15-7-5-4-6-8-15)22-17(16)14-9-11-20-12-10-14/h4-12,17H,3H2,1-2H3,(H,21,22). The zero-order valence-electron chi connectivity index (χ0n) is 13.7. The van der Waals surface area contributed by atoms with E-state index >= 15 is 0 Å². The van der Waals surface area contributed by atoms with Crippen molar-refractivity contribution in [1.82, 2.24) is 10.3 Å². The minimum Gasteiger partial charge on any atom is -0.463 e. The smallest absolute Gasteiger partial charge is 0.338 e. The van der Waals surface area contributed by atoms with E-state index in [1.807, 2.05) is 49.4 Å². The number of carbonyl (C=O) groups excluding carboxylic acids is 1. The summed E-state index contributed by atoms with van der Waals surface area (Å²) in [6.07, 6.45) is 3.40. The summed E-state index contributed by atoms with van der Waals surface area (Å²) >= 11 is 0. The quantitative estimate of drug-likeness (QED) is 0.879. The van der Waals surface area contributed by atoms with Gasteiger partial charge in [0.15, 0.2) is 0 Å². The van der Waals surface area contributed by atoms with Crippen molar-refractivity contribution in [3.05, 3.63) is 77.3 Å². The number of hydrogen-bond donors (Lipinski definition) is 1. The molecular formula is C19H19N3O2.